The lowest BCUT2D eigenvalue weighted by atomic mass is 10.1. The molecule has 164 valence electrons. The topological polar surface area (TPSA) is 32.2 Å². The molecule has 34 heavy (non-hydrogen) atoms. The highest BCUT2D eigenvalue weighted by Crippen LogP contribution is 2.41. The van der Waals surface area contributed by atoms with Crippen LogP contribution in [0.4, 0.5) is 11.4 Å². The Morgan fingerprint density at radius 3 is 2.47 bits per heavy atom. The van der Waals surface area contributed by atoms with Crippen LogP contribution < -0.4 is 4.90 Å². The fraction of sp³-hybridized carbons (Fsp3) is 0.0323. The van der Waals surface area contributed by atoms with Crippen LogP contribution in [0.3, 0.4) is 0 Å². The molecular weight excluding hydrogens is 416 g/mol. The van der Waals surface area contributed by atoms with Crippen molar-refractivity contribution in [2.24, 2.45) is 0 Å². The van der Waals surface area contributed by atoms with Crippen molar-refractivity contribution in [3.63, 3.8) is 0 Å². The molecule has 3 heteroatoms. The van der Waals surface area contributed by atoms with Gasteiger partial charge in [0.25, 0.3) is 0 Å². The number of anilines is 2. The van der Waals surface area contributed by atoms with E-state index in [9.17, 15) is 0 Å². The number of allylic oxidation sites excluding steroid dienone is 4. The van der Waals surface area contributed by atoms with Crippen LogP contribution in [-0.2, 0) is 0 Å². The molecule has 2 aromatic heterocycles. The zero-order valence-electron chi connectivity index (χ0n) is 19.0. The number of rotatable bonds is 5. The van der Waals surface area contributed by atoms with E-state index in [2.05, 4.69) is 89.3 Å². The van der Waals surface area contributed by atoms with Crippen molar-refractivity contribution in [2.45, 2.75) is 6.92 Å². The van der Waals surface area contributed by atoms with Crippen molar-refractivity contribution in [2.75, 3.05) is 4.90 Å². The van der Waals surface area contributed by atoms with Crippen LogP contribution in [0.1, 0.15) is 6.92 Å². The summed E-state index contributed by atoms with van der Waals surface area (Å²) in [5.74, 6) is 0. The summed E-state index contributed by atoms with van der Waals surface area (Å²) in [5, 5.41) is 4.53. The minimum atomic E-state index is 0.893. The first-order valence-corrected chi connectivity index (χ1v) is 11.4. The standard InChI is InChI=1S/C31H24N2O/c1-3-5-12-21(4-2)33(22-13-7-6-8-14-22)28-17-11-16-26-31(28)25-20-30-24(19-27(25)32-26)23-15-9-10-18-29(23)34-30/h3-20,32H,2H2,1H3/b5-3-,21-12+. The summed E-state index contributed by atoms with van der Waals surface area (Å²) in [6.07, 6.45) is 8.06. The summed E-state index contributed by atoms with van der Waals surface area (Å²) in [4.78, 5) is 5.90. The van der Waals surface area contributed by atoms with E-state index in [0.29, 0.717) is 0 Å². The van der Waals surface area contributed by atoms with Gasteiger partial charge in [-0.25, -0.2) is 0 Å². The van der Waals surface area contributed by atoms with Crippen LogP contribution >= 0.6 is 0 Å². The van der Waals surface area contributed by atoms with E-state index in [1.165, 1.54) is 0 Å². The second-order valence-electron chi connectivity index (χ2n) is 8.31. The molecule has 1 N–H and O–H groups in total. The maximum absolute atomic E-state index is 6.22. The van der Waals surface area contributed by atoms with Crippen molar-refractivity contribution >= 4 is 55.1 Å². The van der Waals surface area contributed by atoms with E-state index in [1.54, 1.807) is 0 Å². The van der Waals surface area contributed by atoms with Gasteiger partial charge >= 0.3 is 0 Å². The van der Waals surface area contributed by atoms with E-state index < -0.39 is 0 Å². The molecule has 3 nitrogen and oxygen atoms in total. The number of furan rings is 1. The average molecular weight is 441 g/mol. The van der Waals surface area contributed by atoms with Gasteiger partial charge in [0.15, 0.2) is 0 Å². The molecule has 4 aromatic carbocycles. The quantitative estimate of drug-likeness (QED) is 0.271. The van der Waals surface area contributed by atoms with Gasteiger partial charge in [0, 0.05) is 44.0 Å². The van der Waals surface area contributed by atoms with Crippen LogP contribution in [0.5, 0.6) is 0 Å². The molecule has 0 unspecified atom stereocenters. The predicted molar refractivity (Wildman–Crippen MR) is 145 cm³/mol. The summed E-state index contributed by atoms with van der Waals surface area (Å²) in [6.45, 7) is 6.13. The molecule has 0 fully saturated rings. The summed E-state index contributed by atoms with van der Waals surface area (Å²) < 4.78 is 6.22. The zero-order valence-corrected chi connectivity index (χ0v) is 19.0. The first-order valence-electron chi connectivity index (χ1n) is 11.4. The number of nitrogens with one attached hydrogen (secondary N) is 1. The van der Waals surface area contributed by atoms with Gasteiger partial charge in [0.1, 0.15) is 11.2 Å². The molecule has 0 aliphatic rings. The highest BCUT2D eigenvalue weighted by Gasteiger charge is 2.19. The van der Waals surface area contributed by atoms with Crippen LogP contribution in [-0.4, -0.2) is 4.98 Å². The van der Waals surface area contributed by atoms with Gasteiger partial charge in [-0.05, 0) is 61.5 Å². The van der Waals surface area contributed by atoms with Crippen molar-refractivity contribution < 1.29 is 4.42 Å². The fourth-order valence-electron chi connectivity index (χ4n) is 4.77. The van der Waals surface area contributed by atoms with Gasteiger partial charge in [0.05, 0.1) is 5.69 Å². The molecule has 6 rings (SSSR count). The van der Waals surface area contributed by atoms with Gasteiger partial charge in [-0.3, -0.25) is 0 Å². The maximum atomic E-state index is 6.22. The molecule has 0 amide bonds. The Morgan fingerprint density at radius 1 is 0.824 bits per heavy atom. The molecule has 0 spiro atoms. The Balaban J connectivity index is 1.68. The van der Waals surface area contributed by atoms with Crippen LogP contribution in [0.25, 0.3) is 43.7 Å². The molecule has 0 saturated heterocycles. The smallest absolute Gasteiger partial charge is 0.136 e. The number of hydrogen-bond donors (Lipinski definition) is 1. The van der Waals surface area contributed by atoms with Crippen molar-refractivity contribution in [3.05, 3.63) is 122 Å². The monoisotopic (exact) mass is 440 g/mol. The van der Waals surface area contributed by atoms with E-state index >= 15 is 0 Å². The van der Waals surface area contributed by atoms with Gasteiger partial charge in [-0.15, -0.1) is 0 Å². The van der Waals surface area contributed by atoms with Crippen molar-refractivity contribution in [3.8, 4) is 0 Å². The van der Waals surface area contributed by atoms with Gasteiger partial charge in [0.2, 0.25) is 0 Å². The Bertz CT molecular complexity index is 1730. The lowest BCUT2D eigenvalue weighted by molar-refractivity contribution is 0.669. The van der Waals surface area contributed by atoms with Crippen molar-refractivity contribution in [1.29, 1.82) is 0 Å². The number of aromatic nitrogens is 1. The Morgan fingerprint density at radius 2 is 1.65 bits per heavy atom. The number of nitrogens with zero attached hydrogens (tertiary/aromatic N) is 1. The maximum Gasteiger partial charge on any atom is 0.136 e. The minimum absolute atomic E-state index is 0.893. The Hall–Kier alpha value is -4.50. The third-order valence-corrected chi connectivity index (χ3v) is 6.28. The molecule has 6 aromatic rings. The third kappa shape index (κ3) is 3.13. The van der Waals surface area contributed by atoms with Crippen LogP contribution in [0.2, 0.25) is 0 Å². The van der Waals surface area contributed by atoms with Gasteiger partial charge in [-0.2, -0.15) is 0 Å². The van der Waals surface area contributed by atoms with Crippen LogP contribution in [0.15, 0.2) is 126 Å². The molecule has 0 aliphatic carbocycles. The van der Waals surface area contributed by atoms with Gasteiger partial charge in [-0.1, -0.05) is 61.2 Å². The summed E-state index contributed by atoms with van der Waals surface area (Å²) in [6, 6.07) is 29.4. The highest BCUT2D eigenvalue weighted by molar-refractivity contribution is 6.19. The van der Waals surface area contributed by atoms with Gasteiger partial charge < -0.3 is 14.3 Å². The number of aromatic amines is 1. The summed E-state index contributed by atoms with van der Waals surface area (Å²) >= 11 is 0. The molecule has 0 saturated carbocycles. The first-order chi connectivity index (χ1) is 16.8. The van der Waals surface area contributed by atoms with E-state index in [-0.39, 0.29) is 0 Å². The molecule has 2 heterocycles. The predicted octanol–water partition coefficient (Wildman–Crippen LogP) is 9.00. The zero-order chi connectivity index (χ0) is 23.1. The van der Waals surface area contributed by atoms with Crippen molar-refractivity contribution in [1.82, 2.24) is 4.98 Å². The fourth-order valence-corrected chi connectivity index (χ4v) is 4.77. The number of benzene rings is 4. The highest BCUT2D eigenvalue weighted by atomic mass is 16.3. The second kappa shape index (κ2) is 8.13. The molecular formula is C31H24N2O. The van der Waals surface area contributed by atoms with E-state index in [0.717, 1.165) is 60.8 Å². The number of para-hydroxylation sites is 2. The van der Waals surface area contributed by atoms with E-state index in [1.807, 2.05) is 43.4 Å². The molecule has 0 bridgehead atoms. The first kappa shape index (κ1) is 20.1. The van der Waals surface area contributed by atoms with E-state index in [4.69, 9.17) is 4.42 Å². The molecule has 0 atom stereocenters. The number of fused-ring (bicyclic) bond motifs is 6. The summed E-state index contributed by atoms with van der Waals surface area (Å²) in [5.41, 5.74) is 7.13. The normalized spacial score (nSPS) is 12.4. The minimum Gasteiger partial charge on any atom is -0.456 e. The lowest BCUT2D eigenvalue weighted by Gasteiger charge is -2.27. The Labute approximate surface area is 197 Å². The number of hydrogen-bond acceptors (Lipinski definition) is 2. The second-order valence-corrected chi connectivity index (χ2v) is 8.31. The molecule has 0 aliphatic heterocycles. The van der Waals surface area contributed by atoms with Crippen LogP contribution in [0, 0.1) is 0 Å². The Kier molecular flexibility index (Phi) is 4.81. The average Bonchev–Trinajstić information content (AvgIpc) is 3.43. The molecule has 0 radical (unpaired) electrons. The third-order valence-electron chi connectivity index (χ3n) is 6.28. The largest absolute Gasteiger partial charge is 0.456 e. The number of H-pyrrole nitrogens is 1. The lowest BCUT2D eigenvalue weighted by Crippen LogP contribution is -2.15. The summed E-state index contributed by atoms with van der Waals surface area (Å²) in [7, 11) is 0. The SMILES string of the molecule is C=C/C(=C\C=C/C)N(c1ccccc1)c1cccc2[nH]c3cc4c(cc3c12)oc1ccccc14.